The highest BCUT2D eigenvalue weighted by molar-refractivity contribution is 5.41. The first-order valence-corrected chi connectivity index (χ1v) is 9.45. The van der Waals surface area contributed by atoms with E-state index in [1.807, 2.05) is 19.1 Å². The van der Waals surface area contributed by atoms with Gasteiger partial charge < -0.3 is 19.1 Å². The Hall–Kier alpha value is -2.12. The summed E-state index contributed by atoms with van der Waals surface area (Å²) in [6, 6.07) is 5.60. The summed E-state index contributed by atoms with van der Waals surface area (Å²) >= 11 is 0. The van der Waals surface area contributed by atoms with Crippen molar-refractivity contribution in [1.29, 1.82) is 0 Å². The Labute approximate surface area is 153 Å². The number of ether oxygens (including phenoxy) is 2. The summed E-state index contributed by atoms with van der Waals surface area (Å²) in [5.74, 6) is 2.79. The Morgan fingerprint density at radius 1 is 1.27 bits per heavy atom. The van der Waals surface area contributed by atoms with Crippen molar-refractivity contribution in [2.24, 2.45) is 0 Å². The number of nitrogens with zero attached hydrogens (tertiary/aromatic N) is 4. The minimum absolute atomic E-state index is 0.105. The monoisotopic (exact) mass is 358 g/mol. The zero-order chi connectivity index (χ0) is 17.9. The SMILES string of the molecule is CCOc1cc(CN2CCc3nnc([C@H]4CCCO4)n3CC2)ccc1O. The molecule has 2 aliphatic rings. The van der Waals surface area contributed by atoms with Crippen LogP contribution < -0.4 is 4.74 Å². The minimum Gasteiger partial charge on any atom is -0.504 e. The van der Waals surface area contributed by atoms with Crippen molar-refractivity contribution >= 4 is 0 Å². The van der Waals surface area contributed by atoms with Gasteiger partial charge in [0, 0.05) is 39.2 Å². The number of phenolic OH excluding ortho intramolecular Hbond substituents is 1. The third kappa shape index (κ3) is 3.54. The van der Waals surface area contributed by atoms with Gasteiger partial charge in [-0.15, -0.1) is 10.2 Å². The lowest BCUT2D eigenvalue weighted by molar-refractivity contribution is 0.101. The summed E-state index contributed by atoms with van der Waals surface area (Å²) in [5.41, 5.74) is 1.14. The maximum absolute atomic E-state index is 9.87. The normalized spacial score (nSPS) is 20.7. The van der Waals surface area contributed by atoms with Crippen molar-refractivity contribution in [3.63, 3.8) is 0 Å². The van der Waals surface area contributed by atoms with Gasteiger partial charge in [0.1, 0.15) is 11.9 Å². The van der Waals surface area contributed by atoms with Gasteiger partial charge in [-0.05, 0) is 37.5 Å². The molecule has 7 nitrogen and oxygen atoms in total. The molecule has 140 valence electrons. The fourth-order valence-electron chi connectivity index (χ4n) is 3.75. The second kappa shape index (κ2) is 7.63. The molecule has 0 spiro atoms. The van der Waals surface area contributed by atoms with Gasteiger partial charge in [0.05, 0.1) is 6.61 Å². The number of rotatable bonds is 5. The number of phenols is 1. The van der Waals surface area contributed by atoms with Crippen LogP contribution in [0.25, 0.3) is 0 Å². The second-order valence-electron chi connectivity index (χ2n) is 6.89. The molecule has 1 fully saturated rings. The number of aromatic nitrogens is 3. The zero-order valence-corrected chi connectivity index (χ0v) is 15.2. The van der Waals surface area contributed by atoms with E-state index in [1.54, 1.807) is 6.07 Å². The molecule has 1 aromatic heterocycles. The van der Waals surface area contributed by atoms with E-state index in [2.05, 4.69) is 19.7 Å². The van der Waals surface area contributed by atoms with Gasteiger partial charge in [-0.2, -0.15) is 0 Å². The van der Waals surface area contributed by atoms with Gasteiger partial charge in [0.25, 0.3) is 0 Å². The Bertz CT molecular complexity index is 755. The molecule has 4 rings (SSSR count). The molecule has 3 heterocycles. The highest BCUT2D eigenvalue weighted by atomic mass is 16.5. The fourth-order valence-corrected chi connectivity index (χ4v) is 3.75. The third-order valence-corrected chi connectivity index (χ3v) is 5.10. The van der Waals surface area contributed by atoms with Crippen LogP contribution in [0, 0.1) is 0 Å². The van der Waals surface area contributed by atoms with Crippen LogP contribution in [0.3, 0.4) is 0 Å². The van der Waals surface area contributed by atoms with Crippen molar-refractivity contribution in [3.8, 4) is 11.5 Å². The highest BCUT2D eigenvalue weighted by Gasteiger charge is 2.27. The predicted molar refractivity (Wildman–Crippen MR) is 96.2 cm³/mol. The fraction of sp³-hybridized carbons (Fsp3) is 0.579. The third-order valence-electron chi connectivity index (χ3n) is 5.10. The quantitative estimate of drug-likeness (QED) is 0.884. The molecular formula is C19H26N4O3. The zero-order valence-electron chi connectivity index (χ0n) is 15.2. The van der Waals surface area contributed by atoms with Crippen molar-refractivity contribution in [3.05, 3.63) is 35.4 Å². The minimum atomic E-state index is 0.105. The van der Waals surface area contributed by atoms with Crippen LogP contribution in [-0.2, 0) is 24.2 Å². The average Bonchev–Trinajstić information content (AvgIpc) is 3.26. The summed E-state index contributed by atoms with van der Waals surface area (Å²) in [7, 11) is 0. The second-order valence-corrected chi connectivity index (χ2v) is 6.89. The Morgan fingerprint density at radius 2 is 2.19 bits per heavy atom. The van der Waals surface area contributed by atoms with E-state index in [4.69, 9.17) is 9.47 Å². The summed E-state index contributed by atoms with van der Waals surface area (Å²) in [6.45, 7) is 6.87. The molecular weight excluding hydrogens is 332 g/mol. The molecule has 0 radical (unpaired) electrons. The molecule has 1 atom stereocenters. The smallest absolute Gasteiger partial charge is 0.162 e. The largest absolute Gasteiger partial charge is 0.504 e. The van der Waals surface area contributed by atoms with Gasteiger partial charge in [-0.3, -0.25) is 4.90 Å². The Kier molecular flexibility index (Phi) is 5.08. The number of fused-ring (bicyclic) bond motifs is 1. The standard InChI is InChI=1S/C19H26N4O3/c1-2-25-17-12-14(5-6-15(17)24)13-22-8-7-18-20-21-19(23(18)10-9-22)16-4-3-11-26-16/h5-6,12,16,24H,2-4,7-11,13H2,1H3/t16-/m1/s1. The maximum Gasteiger partial charge on any atom is 0.162 e. The van der Waals surface area contributed by atoms with Crippen LogP contribution in [0.1, 0.15) is 43.1 Å². The van der Waals surface area contributed by atoms with Crippen LogP contribution in [0.4, 0.5) is 0 Å². The molecule has 26 heavy (non-hydrogen) atoms. The van der Waals surface area contributed by atoms with E-state index in [0.29, 0.717) is 12.4 Å². The summed E-state index contributed by atoms with van der Waals surface area (Å²) in [6.07, 6.45) is 3.13. The van der Waals surface area contributed by atoms with Crippen LogP contribution in [0.15, 0.2) is 18.2 Å². The van der Waals surface area contributed by atoms with Crippen LogP contribution >= 0.6 is 0 Å². The van der Waals surface area contributed by atoms with E-state index in [1.165, 1.54) is 0 Å². The molecule has 7 heteroatoms. The molecule has 1 aromatic carbocycles. The molecule has 1 N–H and O–H groups in total. The molecule has 2 aromatic rings. The lowest BCUT2D eigenvalue weighted by atomic mass is 10.2. The van der Waals surface area contributed by atoms with Crippen molar-refractivity contribution in [2.45, 2.75) is 45.4 Å². The first-order valence-electron chi connectivity index (χ1n) is 9.45. The average molecular weight is 358 g/mol. The van der Waals surface area contributed by atoms with Crippen LogP contribution in [-0.4, -0.2) is 51.1 Å². The lowest BCUT2D eigenvalue weighted by Gasteiger charge is -2.20. The van der Waals surface area contributed by atoms with E-state index < -0.39 is 0 Å². The molecule has 0 aliphatic carbocycles. The van der Waals surface area contributed by atoms with Crippen molar-refractivity contribution in [2.75, 3.05) is 26.3 Å². The highest BCUT2D eigenvalue weighted by Crippen LogP contribution is 2.29. The van der Waals surface area contributed by atoms with Gasteiger partial charge in [0.15, 0.2) is 17.3 Å². The predicted octanol–water partition coefficient (Wildman–Crippen LogP) is 2.29. The number of hydrogen-bond donors (Lipinski definition) is 1. The van der Waals surface area contributed by atoms with E-state index in [9.17, 15) is 5.11 Å². The van der Waals surface area contributed by atoms with E-state index in [-0.39, 0.29) is 11.9 Å². The topological polar surface area (TPSA) is 72.6 Å². The first kappa shape index (κ1) is 17.3. The number of aromatic hydroxyl groups is 1. The van der Waals surface area contributed by atoms with Gasteiger partial charge >= 0.3 is 0 Å². The summed E-state index contributed by atoms with van der Waals surface area (Å²) in [5, 5.41) is 18.7. The lowest BCUT2D eigenvalue weighted by Crippen LogP contribution is -2.27. The molecule has 0 bridgehead atoms. The molecule has 0 unspecified atom stereocenters. The summed E-state index contributed by atoms with van der Waals surface area (Å²) < 4.78 is 13.5. The Morgan fingerprint density at radius 3 is 3.00 bits per heavy atom. The van der Waals surface area contributed by atoms with Crippen molar-refractivity contribution in [1.82, 2.24) is 19.7 Å². The number of benzene rings is 1. The summed E-state index contributed by atoms with van der Waals surface area (Å²) in [4.78, 5) is 2.41. The van der Waals surface area contributed by atoms with Gasteiger partial charge in [0.2, 0.25) is 0 Å². The van der Waals surface area contributed by atoms with E-state index in [0.717, 1.165) is 69.3 Å². The Balaban J connectivity index is 1.44. The van der Waals surface area contributed by atoms with Crippen LogP contribution in [0.2, 0.25) is 0 Å². The number of hydrogen-bond acceptors (Lipinski definition) is 6. The maximum atomic E-state index is 9.87. The first-order chi connectivity index (χ1) is 12.7. The van der Waals surface area contributed by atoms with Gasteiger partial charge in [-0.25, -0.2) is 0 Å². The van der Waals surface area contributed by atoms with Gasteiger partial charge in [-0.1, -0.05) is 6.07 Å². The molecule has 0 amide bonds. The molecule has 1 saturated heterocycles. The van der Waals surface area contributed by atoms with Crippen molar-refractivity contribution < 1.29 is 14.6 Å². The molecule has 2 aliphatic heterocycles. The van der Waals surface area contributed by atoms with E-state index >= 15 is 0 Å². The molecule has 0 saturated carbocycles. The van der Waals surface area contributed by atoms with Crippen LogP contribution in [0.5, 0.6) is 11.5 Å².